The molecule has 0 aliphatic heterocycles. The second kappa shape index (κ2) is 7.31. The Morgan fingerprint density at radius 2 is 1.96 bits per heavy atom. The molecule has 1 aromatic carbocycles. The number of likely N-dealkylation sites (N-methyl/N-ethyl adjacent to an activating group) is 1. The summed E-state index contributed by atoms with van der Waals surface area (Å²) in [6, 6.07) is 8.32. The van der Waals surface area contributed by atoms with E-state index < -0.39 is 0 Å². The van der Waals surface area contributed by atoms with Gasteiger partial charge in [0.05, 0.1) is 11.3 Å². The average molecular weight is 314 g/mol. The number of para-hydroxylation sites is 1. The van der Waals surface area contributed by atoms with Gasteiger partial charge < -0.3 is 10.2 Å². The van der Waals surface area contributed by atoms with Crippen molar-refractivity contribution in [1.29, 1.82) is 0 Å². The molecule has 1 N–H and O–H groups in total. The van der Waals surface area contributed by atoms with Crippen LogP contribution in [0.1, 0.15) is 34.2 Å². The monoisotopic (exact) mass is 314 g/mol. The molecule has 0 saturated carbocycles. The van der Waals surface area contributed by atoms with E-state index in [0.717, 1.165) is 24.5 Å². The Hall–Kier alpha value is -2.30. The van der Waals surface area contributed by atoms with Crippen LogP contribution < -0.4 is 10.2 Å². The third kappa shape index (κ3) is 3.73. The highest BCUT2D eigenvalue weighted by Gasteiger charge is 2.17. The molecule has 5 nitrogen and oxygen atoms in total. The third-order valence-corrected chi connectivity index (χ3v) is 4.24. The van der Waals surface area contributed by atoms with E-state index in [0.29, 0.717) is 12.1 Å². The van der Waals surface area contributed by atoms with Crippen molar-refractivity contribution in [3.8, 4) is 0 Å². The molecule has 2 aromatic rings. The number of nitrogens with one attached hydrogen (secondary N) is 1. The molecular formula is C18H26N4O. The molecule has 1 amide bonds. The van der Waals surface area contributed by atoms with E-state index in [4.69, 9.17) is 0 Å². The predicted octanol–water partition coefficient (Wildman–Crippen LogP) is 2.60. The zero-order chi connectivity index (χ0) is 17.0. The minimum atomic E-state index is -0.0473. The minimum Gasteiger partial charge on any atom is -0.370 e. The van der Waals surface area contributed by atoms with Gasteiger partial charge in [0, 0.05) is 38.1 Å². The molecule has 0 radical (unpaired) electrons. The van der Waals surface area contributed by atoms with Crippen LogP contribution in [0.25, 0.3) is 0 Å². The number of rotatable bonds is 6. The number of benzene rings is 1. The highest BCUT2D eigenvalue weighted by Crippen LogP contribution is 2.18. The van der Waals surface area contributed by atoms with E-state index in [1.54, 1.807) is 4.68 Å². The molecule has 2 rings (SSSR count). The summed E-state index contributed by atoms with van der Waals surface area (Å²) in [6.45, 7) is 10.3. The van der Waals surface area contributed by atoms with Crippen molar-refractivity contribution in [2.75, 3.05) is 24.5 Å². The lowest BCUT2D eigenvalue weighted by Crippen LogP contribution is -2.35. The Kier molecular flexibility index (Phi) is 5.42. The second-order valence-corrected chi connectivity index (χ2v) is 5.79. The summed E-state index contributed by atoms with van der Waals surface area (Å²) < 4.78 is 1.75. The molecule has 0 unspecified atom stereocenters. The largest absolute Gasteiger partial charge is 0.370 e. The van der Waals surface area contributed by atoms with Crippen molar-refractivity contribution in [3.63, 3.8) is 0 Å². The van der Waals surface area contributed by atoms with E-state index in [9.17, 15) is 4.79 Å². The smallest absolute Gasteiger partial charge is 0.255 e. The van der Waals surface area contributed by atoms with Crippen LogP contribution in [0.5, 0.6) is 0 Å². The fourth-order valence-corrected chi connectivity index (χ4v) is 2.86. The number of hydrogen-bond donors (Lipinski definition) is 1. The number of carbonyl (C=O) groups is 1. The van der Waals surface area contributed by atoms with Crippen molar-refractivity contribution in [3.05, 3.63) is 46.8 Å². The minimum absolute atomic E-state index is 0.0473. The predicted molar refractivity (Wildman–Crippen MR) is 94.1 cm³/mol. The standard InChI is InChI=1S/C18H26N4O/c1-6-22(16-10-8-7-9-13(16)2)12-11-19-18(23)17-14(3)20-21(5)15(17)4/h7-10H,6,11-12H2,1-5H3,(H,19,23). The van der Waals surface area contributed by atoms with Gasteiger partial charge in [0.15, 0.2) is 0 Å². The molecule has 124 valence electrons. The summed E-state index contributed by atoms with van der Waals surface area (Å²) in [5, 5.41) is 7.31. The molecule has 1 heterocycles. The maximum absolute atomic E-state index is 12.4. The van der Waals surface area contributed by atoms with Crippen molar-refractivity contribution < 1.29 is 4.79 Å². The molecule has 1 aromatic heterocycles. The van der Waals surface area contributed by atoms with E-state index in [2.05, 4.69) is 41.3 Å². The first kappa shape index (κ1) is 17.1. The van der Waals surface area contributed by atoms with Crippen LogP contribution in [0.2, 0.25) is 0 Å². The van der Waals surface area contributed by atoms with Gasteiger partial charge in [-0.05, 0) is 39.3 Å². The lowest BCUT2D eigenvalue weighted by Gasteiger charge is -2.25. The molecular weight excluding hydrogens is 288 g/mol. The second-order valence-electron chi connectivity index (χ2n) is 5.79. The van der Waals surface area contributed by atoms with Gasteiger partial charge >= 0.3 is 0 Å². The van der Waals surface area contributed by atoms with E-state index >= 15 is 0 Å². The maximum Gasteiger partial charge on any atom is 0.255 e. The number of amides is 1. The highest BCUT2D eigenvalue weighted by atomic mass is 16.1. The van der Waals surface area contributed by atoms with Crippen LogP contribution in [0.15, 0.2) is 24.3 Å². The quantitative estimate of drug-likeness (QED) is 0.891. The summed E-state index contributed by atoms with van der Waals surface area (Å²) >= 11 is 0. The summed E-state index contributed by atoms with van der Waals surface area (Å²) in [4.78, 5) is 14.7. The SMILES string of the molecule is CCN(CCNC(=O)c1c(C)nn(C)c1C)c1ccccc1C. The summed E-state index contributed by atoms with van der Waals surface area (Å²) in [7, 11) is 1.86. The summed E-state index contributed by atoms with van der Waals surface area (Å²) in [6.07, 6.45) is 0. The maximum atomic E-state index is 12.4. The van der Waals surface area contributed by atoms with Crippen LogP contribution >= 0.6 is 0 Å². The first-order valence-electron chi connectivity index (χ1n) is 8.04. The zero-order valence-corrected chi connectivity index (χ0v) is 14.7. The van der Waals surface area contributed by atoms with Gasteiger partial charge in [-0.2, -0.15) is 5.10 Å². The van der Waals surface area contributed by atoms with Crippen molar-refractivity contribution in [2.45, 2.75) is 27.7 Å². The average Bonchev–Trinajstić information content (AvgIpc) is 2.77. The van der Waals surface area contributed by atoms with Gasteiger partial charge in [0.25, 0.3) is 5.91 Å². The Morgan fingerprint density at radius 3 is 2.52 bits per heavy atom. The number of nitrogens with zero attached hydrogens (tertiary/aromatic N) is 3. The van der Waals surface area contributed by atoms with Gasteiger partial charge in [-0.25, -0.2) is 0 Å². The van der Waals surface area contributed by atoms with Gasteiger partial charge in [-0.15, -0.1) is 0 Å². The van der Waals surface area contributed by atoms with Crippen LogP contribution in [-0.2, 0) is 7.05 Å². The lowest BCUT2D eigenvalue weighted by molar-refractivity contribution is 0.0953. The fourth-order valence-electron chi connectivity index (χ4n) is 2.86. The number of anilines is 1. The number of carbonyl (C=O) groups excluding carboxylic acids is 1. The van der Waals surface area contributed by atoms with E-state index in [1.165, 1.54) is 11.3 Å². The molecule has 0 bridgehead atoms. The lowest BCUT2D eigenvalue weighted by atomic mass is 10.1. The van der Waals surface area contributed by atoms with Crippen LogP contribution in [0, 0.1) is 20.8 Å². The zero-order valence-electron chi connectivity index (χ0n) is 14.7. The molecule has 0 fully saturated rings. The third-order valence-electron chi connectivity index (χ3n) is 4.24. The Balaban J connectivity index is 1.98. The molecule has 0 spiro atoms. The van der Waals surface area contributed by atoms with E-state index in [-0.39, 0.29) is 5.91 Å². The normalized spacial score (nSPS) is 10.7. The van der Waals surface area contributed by atoms with Crippen molar-refractivity contribution in [2.24, 2.45) is 7.05 Å². The van der Waals surface area contributed by atoms with Gasteiger partial charge in [-0.3, -0.25) is 9.48 Å². The van der Waals surface area contributed by atoms with Gasteiger partial charge in [-0.1, -0.05) is 18.2 Å². The van der Waals surface area contributed by atoms with Crippen molar-refractivity contribution in [1.82, 2.24) is 15.1 Å². The van der Waals surface area contributed by atoms with Crippen LogP contribution in [0.4, 0.5) is 5.69 Å². The first-order valence-corrected chi connectivity index (χ1v) is 8.04. The fraction of sp³-hybridized carbons (Fsp3) is 0.444. The van der Waals surface area contributed by atoms with Crippen LogP contribution in [0.3, 0.4) is 0 Å². The molecule has 0 saturated heterocycles. The summed E-state index contributed by atoms with van der Waals surface area (Å²) in [5.41, 5.74) is 4.82. The molecule has 23 heavy (non-hydrogen) atoms. The number of aryl methyl sites for hydroxylation is 3. The molecule has 0 aliphatic rings. The highest BCUT2D eigenvalue weighted by molar-refractivity contribution is 5.96. The number of hydrogen-bond acceptors (Lipinski definition) is 3. The van der Waals surface area contributed by atoms with E-state index in [1.807, 2.05) is 33.0 Å². The first-order chi connectivity index (χ1) is 11.0. The molecule has 0 aliphatic carbocycles. The van der Waals surface area contributed by atoms with Gasteiger partial charge in [0.2, 0.25) is 0 Å². The number of aromatic nitrogens is 2. The topological polar surface area (TPSA) is 50.2 Å². The Labute approximate surface area is 138 Å². The molecule has 5 heteroatoms. The summed E-state index contributed by atoms with van der Waals surface area (Å²) in [5.74, 6) is -0.0473. The Bertz CT molecular complexity index is 690. The van der Waals surface area contributed by atoms with Crippen LogP contribution in [-0.4, -0.2) is 35.3 Å². The van der Waals surface area contributed by atoms with Gasteiger partial charge in [0.1, 0.15) is 0 Å². The molecule has 0 atom stereocenters. The van der Waals surface area contributed by atoms with Crippen molar-refractivity contribution >= 4 is 11.6 Å². The Morgan fingerprint density at radius 1 is 1.26 bits per heavy atom.